The van der Waals surface area contributed by atoms with E-state index in [-0.39, 0.29) is 0 Å². The maximum Gasteiger partial charge on any atom is 0.112 e. The largest absolute Gasteiger partial charge is 0.330 e. The second kappa shape index (κ2) is 2.79. The molecule has 0 saturated heterocycles. The van der Waals surface area contributed by atoms with E-state index in [2.05, 4.69) is 37.5 Å². The van der Waals surface area contributed by atoms with Gasteiger partial charge in [-0.25, -0.2) is 9.97 Å². The number of halogens is 1. The Morgan fingerprint density at radius 2 is 2.29 bits per heavy atom. The molecule has 0 N–H and O–H groups in total. The minimum absolute atomic E-state index is 0.686. The quantitative estimate of drug-likeness (QED) is 0.730. The summed E-state index contributed by atoms with van der Waals surface area (Å²) in [7, 11) is 2.07. The van der Waals surface area contributed by atoms with Crippen LogP contribution in [0.5, 0.6) is 0 Å². The van der Waals surface area contributed by atoms with Gasteiger partial charge in [0.15, 0.2) is 0 Å². The Labute approximate surface area is 90.3 Å². The third-order valence-corrected chi connectivity index (χ3v) is 3.14. The highest BCUT2D eigenvalue weighted by Gasteiger charge is 2.28. The molecule has 1 aliphatic rings. The molecule has 3 nitrogen and oxygen atoms in total. The summed E-state index contributed by atoms with van der Waals surface area (Å²) < 4.78 is 3.01. The molecule has 0 radical (unpaired) electrons. The van der Waals surface area contributed by atoms with E-state index in [0.717, 1.165) is 15.6 Å². The van der Waals surface area contributed by atoms with Gasteiger partial charge in [0.05, 0.1) is 17.2 Å². The van der Waals surface area contributed by atoms with E-state index in [9.17, 15) is 0 Å². The first-order valence-electron chi connectivity index (χ1n) is 4.73. The number of hydrogen-bond donors (Lipinski definition) is 0. The van der Waals surface area contributed by atoms with Gasteiger partial charge in [0.25, 0.3) is 0 Å². The van der Waals surface area contributed by atoms with Gasteiger partial charge in [-0.05, 0) is 34.8 Å². The number of imidazole rings is 1. The highest BCUT2D eigenvalue weighted by molar-refractivity contribution is 9.10. The van der Waals surface area contributed by atoms with Gasteiger partial charge in [-0.3, -0.25) is 0 Å². The topological polar surface area (TPSA) is 30.7 Å². The van der Waals surface area contributed by atoms with Crippen LogP contribution >= 0.6 is 15.9 Å². The summed E-state index contributed by atoms with van der Waals surface area (Å²) in [5, 5.41) is 0. The van der Waals surface area contributed by atoms with E-state index < -0.39 is 0 Å². The Morgan fingerprint density at radius 1 is 1.50 bits per heavy atom. The van der Waals surface area contributed by atoms with Gasteiger partial charge in [-0.1, -0.05) is 0 Å². The second-order valence-electron chi connectivity index (χ2n) is 3.80. The summed E-state index contributed by atoms with van der Waals surface area (Å²) in [6.07, 6.45) is 4.44. The van der Waals surface area contributed by atoms with Crippen molar-refractivity contribution in [2.45, 2.75) is 18.8 Å². The minimum atomic E-state index is 0.686. The third kappa shape index (κ3) is 1.17. The molecular formula is C10H10BrN3. The summed E-state index contributed by atoms with van der Waals surface area (Å²) in [5.41, 5.74) is 2.16. The Balaban J connectivity index is 2.28. The van der Waals surface area contributed by atoms with Gasteiger partial charge in [-0.2, -0.15) is 0 Å². The van der Waals surface area contributed by atoms with Crippen LogP contribution in [0.2, 0.25) is 0 Å². The molecule has 0 aromatic carbocycles. The molecule has 0 aliphatic heterocycles. The number of pyridine rings is 1. The molecule has 1 aliphatic carbocycles. The van der Waals surface area contributed by atoms with Gasteiger partial charge in [0.1, 0.15) is 10.4 Å². The van der Waals surface area contributed by atoms with Crippen LogP contribution in [0.1, 0.15) is 24.6 Å². The summed E-state index contributed by atoms with van der Waals surface area (Å²) in [5.74, 6) is 1.89. The Kier molecular flexibility index (Phi) is 1.68. The zero-order chi connectivity index (χ0) is 9.71. The van der Waals surface area contributed by atoms with E-state index in [1.807, 2.05) is 12.3 Å². The summed E-state index contributed by atoms with van der Waals surface area (Å²) in [6.45, 7) is 0. The first kappa shape index (κ1) is 8.41. The average Bonchev–Trinajstić information content (AvgIpc) is 2.93. The van der Waals surface area contributed by atoms with Gasteiger partial charge in [0, 0.05) is 13.0 Å². The second-order valence-corrected chi connectivity index (χ2v) is 4.61. The Morgan fingerprint density at radius 3 is 3.00 bits per heavy atom. The van der Waals surface area contributed by atoms with Gasteiger partial charge >= 0.3 is 0 Å². The minimum Gasteiger partial charge on any atom is -0.330 e. The van der Waals surface area contributed by atoms with E-state index in [1.54, 1.807) is 0 Å². The molecule has 0 unspecified atom stereocenters. The van der Waals surface area contributed by atoms with Gasteiger partial charge in [0.2, 0.25) is 0 Å². The monoisotopic (exact) mass is 251 g/mol. The lowest BCUT2D eigenvalue weighted by molar-refractivity contribution is 0.819. The predicted octanol–water partition coefficient (Wildman–Crippen LogP) is 2.61. The van der Waals surface area contributed by atoms with Crippen LogP contribution in [0.15, 0.2) is 16.9 Å². The average molecular weight is 252 g/mol. The summed E-state index contributed by atoms with van der Waals surface area (Å²) >= 11 is 3.36. The molecule has 2 heterocycles. The fourth-order valence-electron chi connectivity index (χ4n) is 1.79. The van der Waals surface area contributed by atoms with Crippen LogP contribution in [0, 0.1) is 0 Å². The Hall–Kier alpha value is -0.900. The van der Waals surface area contributed by atoms with Crippen molar-refractivity contribution in [3.8, 4) is 0 Å². The SMILES string of the molecule is Cn1c(C2CC2)nc2cc(Br)ncc21. The van der Waals surface area contributed by atoms with Crippen molar-refractivity contribution >= 4 is 27.0 Å². The zero-order valence-corrected chi connectivity index (χ0v) is 9.45. The maximum atomic E-state index is 4.63. The molecule has 0 atom stereocenters. The highest BCUT2D eigenvalue weighted by atomic mass is 79.9. The van der Waals surface area contributed by atoms with E-state index in [1.165, 1.54) is 18.7 Å². The molecule has 4 heteroatoms. The predicted molar refractivity (Wildman–Crippen MR) is 58.2 cm³/mol. The van der Waals surface area contributed by atoms with Crippen molar-refractivity contribution in [2.75, 3.05) is 0 Å². The molecule has 3 rings (SSSR count). The molecule has 1 saturated carbocycles. The summed E-state index contributed by atoms with van der Waals surface area (Å²) in [4.78, 5) is 8.85. The van der Waals surface area contributed by atoms with E-state index in [0.29, 0.717) is 5.92 Å². The van der Waals surface area contributed by atoms with Crippen LogP contribution in [0.25, 0.3) is 11.0 Å². The number of aryl methyl sites for hydroxylation is 1. The number of aromatic nitrogens is 3. The first-order valence-corrected chi connectivity index (χ1v) is 5.53. The van der Waals surface area contributed by atoms with Crippen molar-refractivity contribution in [2.24, 2.45) is 7.05 Å². The smallest absolute Gasteiger partial charge is 0.112 e. The number of rotatable bonds is 1. The van der Waals surface area contributed by atoms with E-state index in [4.69, 9.17) is 0 Å². The Bertz CT molecular complexity index is 499. The molecule has 0 amide bonds. The molecule has 2 aromatic heterocycles. The van der Waals surface area contributed by atoms with E-state index >= 15 is 0 Å². The standard InChI is InChI=1S/C10H10BrN3/c1-14-8-5-12-9(11)4-7(8)13-10(14)6-2-3-6/h4-6H,2-3H2,1H3. The van der Waals surface area contributed by atoms with Gasteiger partial charge in [-0.15, -0.1) is 0 Å². The fraction of sp³-hybridized carbons (Fsp3) is 0.400. The molecule has 0 bridgehead atoms. The van der Waals surface area contributed by atoms with Crippen molar-refractivity contribution in [1.82, 2.24) is 14.5 Å². The van der Waals surface area contributed by atoms with Crippen LogP contribution in [0.3, 0.4) is 0 Å². The maximum absolute atomic E-state index is 4.63. The number of nitrogens with zero attached hydrogens (tertiary/aromatic N) is 3. The zero-order valence-electron chi connectivity index (χ0n) is 7.87. The lowest BCUT2D eigenvalue weighted by Crippen LogP contribution is -1.94. The van der Waals surface area contributed by atoms with Crippen LogP contribution in [0.4, 0.5) is 0 Å². The van der Waals surface area contributed by atoms with Crippen molar-refractivity contribution < 1.29 is 0 Å². The number of hydrogen-bond acceptors (Lipinski definition) is 2. The van der Waals surface area contributed by atoms with Crippen LogP contribution < -0.4 is 0 Å². The highest BCUT2D eigenvalue weighted by Crippen LogP contribution is 2.40. The molecule has 2 aromatic rings. The third-order valence-electron chi connectivity index (χ3n) is 2.71. The van der Waals surface area contributed by atoms with Crippen LogP contribution in [-0.4, -0.2) is 14.5 Å². The first-order chi connectivity index (χ1) is 6.75. The molecule has 0 spiro atoms. The molecular weight excluding hydrogens is 242 g/mol. The normalized spacial score (nSPS) is 16.4. The summed E-state index contributed by atoms with van der Waals surface area (Å²) in [6, 6.07) is 1.97. The lowest BCUT2D eigenvalue weighted by Gasteiger charge is -1.98. The molecule has 72 valence electrons. The molecule has 14 heavy (non-hydrogen) atoms. The van der Waals surface area contributed by atoms with Crippen molar-refractivity contribution in [3.63, 3.8) is 0 Å². The van der Waals surface area contributed by atoms with Crippen molar-refractivity contribution in [1.29, 1.82) is 0 Å². The van der Waals surface area contributed by atoms with Crippen molar-refractivity contribution in [3.05, 3.63) is 22.7 Å². The van der Waals surface area contributed by atoms with Gasteiger partial charge < -0.3 is 4.57 Å². The van der Waals surface area contributed by atoms with Crippen LogP contribution in [-0.2, 0) is 7.05 Å². The number of fused-ring (bicyclic) bond motifs is 1. The fourth-order valence-corrected chi connectivity index (χ4v) is 2.11. The lowest BCUT2D eigenvalue weighted by atomic mass is 10.4. The molecule has 1 fully saturated rings.